The molecule has 0 atom stereocenters. The number of thiazole rings is 1. The highest BCUT2D eigenvalue weighted by molar-refractivity contribution is 8.01. The molecule has 0 bridgehead atoms. The van der Waals surface area contributed by atoms with E-state index in [2.05, 4.69) is 121 Å². The molecule has 0 aliphatic carbocycles. The van der Waals surface area contributed by atoms with Crippen LogP contribution in [-0.2, 0) is 0 Å². The Morgan fingerprint density at radius 2 is 0.903 bits per heavy atom. The molecule has 0 aliphatic rings. The monoisotopic (exact) mass is 457 g/mol. The van der Waals surface area contributed by atoms with Crippen LogP contribution in [0.15, 0.2) is 127 Å². The number of halogens is 1. The molecule has 0 spiro atoms. The molecule has 152 valence electrons. The molecule has 0 N–H and O–H groups in total. The molecule has 0 aliphatic heterocycles. The number of nitrogens with zero attached hydrogens (tertiary/aromatic N) is 1. The summed E-state index contributed by atoms with van der Waals surface area (Å²) in [6, 6.07) is 43.1. The van der Waals surface area contributed by atoms with Gasteiger partial charge < -0.3 is 12.4 Å². The fourth-order valence-corrected chi connectivity index (χ4v) is 9.28. The van der Waals surface area contributed by atoms with E-state index in [0.29, 0.717) is 0 Å². The van der Waals surface area contributed by atoms with Gasteiger partial charge >= 0.3 is 0 Å². The molecule has 5 aromatic rings. The molecule has 5 rings (SSSR count). The summed E-state index contributed by atoms with van der Waals surface area (Å²) < 4.78 is 0. The summed E-state index contributed by atoms with van der Waals surface area (Å²) in [5.74, 6) is 0. The topological polar surface area (TPSA) is 12.9 Å². The third-order valence-corrected chi connectivity index (χ3v) is 10.5. The summed E-state index contributed by atoms with van der Waals surface area (Å²) in [7, 11) is -2.11. The fourth-order valence-electron chi connectivity index (χ4n) is 3.93. The molecular formula is C27H21ClNPS. The summed E-state index contributed by atoms with van der Waals surface area (Å²) in [6.07, 6.45) is 0. The van der Waals surface area contributed by atoms with Crippen molar-refractivity contribution in [2.75, 3.05) is 0 Å². The zero-order valence-corrected chi connectivity index (χ0v) is 19.3. The maximum atomic E-state index is 5.25. The third kappa shape index (κ3) is 3.95. The maximum absolute atomic E-state index is 5.25. The van der Waals surface area contributed by atoms with Crippen molar-refractivity contribution in [3.8, 4) is 10.6 Å². The Balaban J connectivity index is 0.00000231. The first kappa shape index (κ1) is 21.5. The van der Waals surface area contributed by atoms with Crippen molar-refractivity contribution in [2.24, 2.45) is 0 Å². The molecule has 0 saturated heterocycles. The van der Waals surface area contributed by atoms with Gasteiger partial charge in [0.25, 0.3) is 0 Å². The smallest absolute Gasteiger partial charge is 0.209 e. The van der Waals surface area contributed by atoms with E-state index in [1.54, 1.807) is 11.3 Å². The first-order valence-corrected chi connectivity index (χ1v) is 12.6. The van der Waals surface area contributed by atoms with Gasteiger partial charge in [-0.1, -0.05) is 84.9 Å². The van der Waals surface area contributed by atoms with Crippen molar-refractivity contribution in [1.82, 2.24) is 4.98 Å². The van der Waals surface area contributed by atoms with E-state index in [9.17, 15) is 0 Å². The zero-order chi connectivity index (χ0) is 20.2. The van der Waals surface area contributed by atoms with Gasteiger partial charge in [0.15, 0.2) is 7.26 Å². The highest BCUT2D eigenvalue weighted by Crippen LogP contribution is 2.54. The van der Waals surface area contributed by atoms with Crippen molar-refractivity contribution in [3.63, 3.8) is 0 Å². The lowest BCUT2D eigenvalue weighted by atomic mass is 10.2. The van der Waals surface area contributed by atoms with Gasteiger partial charge in [0.1, 0.15) is 20.9 Å². The molecule has 31 heavy (non-hydrogen) atoms. The van der Waals surface area contributed by atoms with Gasteiger partial charge in [0.2, 0.25) is 5.44 Å². The highest BCUT2D eigenvalue weighted by atomic mass is 35.5. The van der Waals surface area contributed by atoms with Gasteiger partial charge in [0, 0.05) is 5.56 Å². The van der Waals surface area contributed by atoms with Crippen molar-refractivity contribution >= 4 is 39.9 Å². The first-order chi connectivity index (χ1) is 14.9. The second-order valence-corrected chi connectivity index (χ2v) is 11.3. The standard InChI is InChI=1S/C27H21NPS.ClH/c1-5-13-22(14-6-1)27-28-26(21-30-27)29(23-15-7-2-8-16-23,24-17-9-3-10-18-24)25-19-11-4-12-20-25;/h1-21H;1H/q+1;/p-1. The van der Waals surface area contributed by atoms with E-state index in [-0.39, 0.29) is 12.4 Å². The van der Waals surface area contributed by atoms with Crippen LogP contribution in [0.4, 0.5) is 0 Å². The van der Waals surface area contributed by atoms with Crippen molar-refractivity contribution in [3.05, 3.63) is 127 Å². The van der Waals surface area contributed by atoms with Gasteiger partial charge in [-0.15, -0.1) is 11.3 Å². The zero-order valence-electron chi connectivity index (χ0n) is 16.8. The van der Waals surface area contributed by atoms with Gasteiger partial charge in [0.05, 0.1) is 5.38 Å². The minimum Gasteiger partial charge on any atom is -1.00 e. The van der Waals surface area contributed by atoms with Crippen LogP contribution in [0, 0.1) is 0 Å². The second kappa shape index (κ2) is 9.58. The summed E-state index contributed by atoms with van der Waals surface area (Å²) in [5.41, 5.74) is 2.33. The van der Waals surface area contributed by atoms with Crippen LogP contribution in [0.2, 0.25) is 0 Å². The molecule has 0 amide bonds. The van der Waals surface area contributed by atoms with E-state index >= 15 is 0 Å². The average Bonchev–Trinajstić information content (AvgIpc) is 3.33. The molecular weight excluding hydrogens is 437 g/mol. The number of hydrogen-bond donors (Lipinski definition) is 0. The van der Waals surface area contributed by atoms with Crippen LogP contribution < -0.4 is 33.8 Å². The molecule has 1 heterocycles. The molecule has 1 nitrogen and oxygen atoms in total. The maximum Gasteiger partial charge on any atom is 0.209 e. The molecule has 0 unspecified atom stereocenters. The quantitative estimate of drug-likeness (QED) is 0.369. The van der Waals surface area contributed by atoms with Gasteiger partial charge in [-0.25, -0.2) is 4.98 Å². The van der Waals surface area contributed by atoms with E-state index in [1.165, 1.54) is 21.5 Å². The first-order valence-electron chi connectivity index (χ1n) is 9.96. The van der Waals surface area contributed by atoms with Crippen LogP contribution in [0.1, 0.15) is 0 Å². The van der Waals surface area contributed by atoms with Crippen molar-refractivity contribution < 1.29 is 12.4 Å². The molecule has 1 aromatic heterocycles. The Labute approximate surface area is 194 Å². The Morgan fingerprint density at radius 1 is 0.516 bits per heavy atom. The predicted molar refractivity (Wildman–Crippen MR) is 132 cm³/mol. The van der Waals surface area contributed by atoms with Crippen LogP contribution in [-0.4, -0.2) is 4.98 Å². The largest absolute Gasteiger partial charge is 1.00 e. The lowest BCUT2D eigenvalue weighted by Crippen LogP contribution is -3.00. The Morgan fingerprint density at radius 3 is 1.32 bits per heavy atom. The lowest BCUT2D eigenvalue weighted by molar-refractivity contribution is -0.00000566. The number of aromatic nitrogens is 1. The molecule has 0 radical (unpaired) electrons. The lowest BCUT2D eigenvalue weighted by Gasteiger charge is -2.25. The number of benzene rings is 4. The number of rotatable bonds is 5. The van der Waals surface area contributed by atoms with Crippen LogP contribution in [0.3, 0.4) is 0 Å². The van der Waals surface area contributed by atoms with E-state index < -0.39 is 7.26 Å². The second-order valence-electron chi connectivity index (χ2n) is 7.05. The van der Waals surface area contributed by atoms with E-state index in [1.807, 2.05) is 6.07 Å². The third-order valence-electron chi connectivity index (χ3n) is 5.29. The fraction of sp³-hybridized carbons (Fsp3) is 0. The van der Waals surface area contributed by atoms with Crippen LogP contribution in [0.5, 0.6) is 0 Å². The molecule has 4 aromatic carbocycles. The summed E-state index contributed by atoms with van der Waals surface area (Å²) in [6.45, 7) is 0. The van der Waals surface area contributed by atoms with E-state index in [0.717, 1.165) is 10.4 Å². The highest BCUT2D eigenvalue weighted by Gasteiger charge is 2.49. The van der Waals surface area contributed by atoms with E-state index in [4.69, 9.17) is 4.98 Å². The number of hydrogen-bond acceptors (Lipinski definition) is 2. The normalized spacial score (nSPS) is 11.0. The molecule has 4 heteroatoms. The van der Waals surface area contributed by atoms with Gasteiger partial charge in [-0.2, -0.15) is 0 Å². The van der Waals surface area contributed by atoms with Crippen LogP contribution >= 0.6 is 18.6 Å². The van der Waals surface area contributed by atoms with Crippen molar-refractivity contribution in [1.29, 1.82) is 0 Å². The van der Waals surface area contributed by atoms with Crippen LogP contribution in [0.25, 0.3) is 10.6 Å². The van der Waals surface area contributed by atoms with Gasteiger partial charge in [-0.3, -0.25) is 0 Å². The average molecular weight is 458 g/mol. The Hall–Kier alpha value is -2.77. The summed E-state index contributed by atoms with van der Waals surface area (Å²) in [5, 5.41) is 7.31. The Bertz CT molecular complexity index is 1130. The minimum absolute atomic E-state index is 0. The predicted octanol–water partition coefficient (Wildman–Crippen LogP) is 2.43. The van der Waals surface area contributed by atoms with Crippen molar-refractivity contribution in [2.45, 2.75) is 0 Å². The SMILES string of the molecule is [Cl-].c1ccc(-c2nc([P+](c3ccccc3)(c3ccccc3)c3ccccc3)cs2)cc1. The minimum atomic E-state index is -2.11. The summed E-state index contributed by atoms with van der Waals surface area (Å²) >= 11 is 1.73. The van der Waals surface area contributed by atoms with Gasteiger partial charge in [-0.05, 0) is 36.4 Å². The summed E-state index contributed by atoms with van der Waals surface area (Å²) in [4.78, 5) is 5.25. The Kier molecular flexibility index (Phi) is 6.63. The molecule has 0 saturated carbocycles. The molecule has 0 fully saturated rings.